The molecule has 0 aromatic rings. The molecule has 2 rings (SSSR count). The van der Waals surface area contributed by atoms with Crippen molar-refractivity contribution in [3.05, 3.63) is 0 Å². The van der Waals surface area contributed by atoms with Gasteiger partial charge in [0, 0.05) is 33.3 Å². The predicted octanol–water partition coefficient (Wildman–Crippen LogP) is 1.71. The Balaban J connectivity index is 0.000000659. The second kappa shape index (κ2) is 9.34. The molecule has 2 fully saturated rings. The number of hydrogen-bond acceptors (Lipinski definition) is 3. The third-order valence-corrected chi connectivity index (χ3v) is 3.29. The molecule has 2 unspecified atom stereocenters. The number of likely N-dealkylation sites (tertiary alicyclic amines) is 2. The van der Waals surface area contributed by atoms with Crippen LogP contribution in [-0.4, -0.2) is 62.7 Å². The predicted molar refractivity (Wildman–Crippen MR) is 75.6 cm³/mol. The van der Waals surface area contributed by atoms with Gasteiger partial charge in [0.1, 0.15) is 6.61 Å². The Hall–Kier alpha value is -0.610. The Kier molecular flexibility index (Phi) is 9.02. The number of amides is 1. The Morgan fingerprint density at radius 1 is 1.06 bits per heavy atom. The number of hydrogen-bond donors (Lipinski definition) is 0. The van der Waals surface area contributed by atoms with Crippen molar-refractivity contribution >= 4 is 5.91 Å². The van der Waals surface area contributed by atoms with Gasteiger partial charge >= 0.3 is 0 Å². The highest BCUT2D eigenvalue weighted by Crippen LogP contribution is 2.29. The van der Waals surface area contributed by atoms with Gasteiger partial charge in [-0.1, -0.05) is 27.7 Å². The van der Waals surface area contributed by atoms with Crippen molar-refractivity contribution in [3.8, 4) is 0 Å². The zero-order valence-corrected chi connectivity index (χ0v) is 12.9. The van der Waals surface area contributed by atoms with Crippen LogP contribution in [0.3, 0.4) is 0 Å². The van der Waals surface area contributed by atoms with Crippen molar-refractivity contribution in [1.29, 1.82) is 0 Å². The maximum atomic E-state index is 11.5. The fourth-order valence-electron chi connectivity index (χ4n) is 2.65. The third-order valence-electron chi connectivity index (χ3n) is 3.29. The van der Waals surface area contributed by atoms with Crippen molar-refractivity contribution in [3.63, 3.8) is 0 Å². The van der Waals surface area contributed by atoms with Gasteiger partial charge in [0.05, 0.1) is 0 Å². The largest absolute Gasteiger partial charge is 0.375 e. The van der Waals surface area contributed by atoms with Crippen LogP contribution in [0.15, 0.2) is 0 Å². The molecule has 2 heterocycles. The average Bonchev–Trinajstić information content (AvgIpc) is 2.91. The average molecular weight is 258 g/mol. The fourth-order valence-corrected chi connectivity index (χ4v) is 2.65. The molecule has 0 aromatic heterocycles. The number of methoxy groups -OCH3 is 1. The van der Waals surface area contributed by atoms with Crippen LogP contribution >= 0.6 is 0 Å². The van der Waals surface area contributed by atoms with Crippen LogP contribution in [0.1, 0.15) is 27.7 Å². The lowest BCUT2D eigenvalue weighted by Gasteiger charge is -2.18. The van der Waals surface area contributed by atoms with Gasteiger partial charge in [-0.3, -0.25) is 4.79 Å². The highest BCUT2D eigenvalue weighted by molar-refractivity contribution is 5.77. The summed E-state index contributed by atoms with van der Waals surface area (Å²) >= 11 is 0. The van der Waals surface area contributed by atoms with E-state index in [1.165, 1.54) is 0 Å². The molecule has 2 atom stereocenters. The molecule has 0 aromatic carbocycles. The quantitative estimate of drug-likeness (QED) is 0.756. The first-order chi connectivity index (χ1) is 8.70. The third kappa shape index (κ3) is 4.58. The molecule has 108 valence electrons. The van der Waals surface area contributed by atoms with E-state index < -0.39 is 0 Å². The summed E-state index contributed by atoms with van der Waals surface area (Å²) in [6.45, 7) is 12.4. The first-order valence-corrected chi connectivity index (χ1v) is 7.16. The highest BCUT2D eigenvalue weighted by Gasteiger charge is 2.39. The van der Waals surface area contributed by atoms with Gasteiger partial charge in [-0.25, -0.2) is 0 Å². The van der Waals surface area contributed by atoms with Gasteiger partial charge in [-0.15, -0.1) is 0 Å². The summed E-state index contributed by atoms with van der Waals surface area (Å²) in [5.74, 6) is 1.53. The molecule has 1 amide bonds. The van der Waals surface area contributed by atoms with Crippen LogP contribution in [0, 0.1) is 11.8 Å². The number of carbonyl (C=O) groups excluding carboxylic acids is 1. The number of rotatable bonds is 2. The molecule has 2 aliphatic rings. The molecular formula is C14H30N2O2. The molecule has 0 radical (unpaired) electrons. The summed E-state index contributed by atoms with van der Waals surface area (Å²) in [5, 5.41) is 0. The minimum atomic E-state index is 0.143. The van der Waals surface area contributed by atoms with Gasteiger partial charge in [0.25, 0.3) is 0 Å². The van der Waals surface area contributed by atoms with E-state index in [0.717, 1.165) is 26.2 Å². The minimum Gasteiger partial charge on any atom is -0.375 e. The minimum absolute atomic E-state index is 0.143. The summed E-state index contributed by atoms with van der Waals surface area (Å²) in [5.41, 5.74) is 0. The first-order valence-electron chi connectivity index (χ1n) is 7.16. The van der Waals surface area contributed by atoms with Crippen molar-refractivity contribution in [2.24, 2.45) is 11.8 Å². The summed E-state index contributed by atoms with van der Waals surface area (Å²) < 4.78 is 4.86. The summed E-state index contributed by atoms with van der Waals surface area (Å²) in [6, 6.07) is 0. The summed E-state index contributed by atoms with van der Waals surface area (Å²) in [6.07, 6.45) is 0. The second-order valence-corrected chi connectivity index (χ2v) is 4.47. The lowest BCUT2D eigenvalue weighted by molar-refractivity contribution is -0.134. The van der Waals surface area contributed by atoms with Crippen LogP contribution in [0.2, 0.25) is 0 Å². The highest BCUT2D eigenvalue weighted by atomic mass is 16.5. The van der Waals surface area contributed by atoms with Crippen molar-refractivity contribution in [1.82, 2.24) is 9.80 Å². The second-order valence-electron chi connectivity index (χ2n) is 4.47. The van der Waals surface area contributed by atoms with E-state index in [0.29, 0.717) is 11.8 Å². The van der Waals surface area contributed by atoms with Crippen LogP contribution in [0.25, 0.3) is 0 Å². The van der Waals surface area contributed by atoms with Crippen molar-refractivity contribution < 1.29 is 9.53 Å². The number of carbonyl (C=O) groups is 1. The summed E-state index contributed by atoms with van der Waals surface area (Å²) in [4.78, 5) is 15.9. The first kappa shape index (κ1) is 17.4. The van der Waals surface area contributed by atoms with E-state index in [-0.39, 0.29) is 12.5 Å². The molecule has 0 N–H and O–H groups in total. The molecule has 4 nitrogen and oxygen atoms in total. The Labute approximate surface area is 112 Å². The topological polar surface area (TPSA) is 32.8 Å². The molecule has 4 heteroatoms. The zero-order valence-electron chi connectivity index (χ0n) is 12.9. The van der Waals surface area contributed by atoms with Gasteiger partial charge in [0.2, 0.25) is 5.91 Å². The number of fused-ring (bicyclic) bond motifs is 1. The Morgan fingerprint density at radius 2 is 1.50 bits per heavy atom. The van der Waals surface area contributed by atoms with Crippen molar-refractivity contribution in [2.45, 2.75) is 27.7 Å². The van der Waals surface area contributed by atoms with Gasteiger partial charge in [0.15, 0.2) is 0 Å². The lowest BCUT2D eigenvalue weighted by Crippen LogP contribution is -2.34. The van der Waals surface area contributed by atoms with Gasteiger partial charge < -0.3 is 14.5 Å². The van der Waals surface area contributed by atoms with Gasteiger partial charge in [-0.05, 0) is 18.9 Å². The van der Waals surface area contributed by atoms with Crippen LogP contribution in [-0.2, 0) is 9.53 Å². The van der Waals surface area contributed by atoms with E-state index in [1.54, 1.807) is 7.11 Å². The normalized spacial score (nSPS) is 25.8. The molecular weight excluding hydrogens is 228 g/mol. The van der Waals surface area contributed by atoms with Crippen molar-refractivity contribution in [2.75, 3.05) is 46.9 Å². The fraction of sp³-hybridized carbons (Fsp3) is 0.929. The van der Waals surface area contributed by atoms with E-state index in [9.17, 15) is 4.79 Å². The molecule has 0 spiro atoms. The Morgan fingerprint density at radius 3 is 1.89 bits per heavy atom. The monoisotopic (exact) mass is 258 g/mol. The van der Waals surface area contributed by atoms with E-state index in [4.69, 9.17) is 4.74 Å². The lowest BCUT2D eigenvalue weighted by atomic mass is 10.0. The number of ether oxygens (including phenoxy) is 1. The van der Waals surface area contributed by atoms with Crippen LogP contribution in [0.5, 0.6) is 0 Å². The molecule has 0 bridgehead atoms. The van der Waals surface area contributed by atoms with Gasteiger partial charge in [-0.2, -0.15) is 0 Å². The van der Waals surface area contributed by atoms with Crippen LogP contribution in [0.4, 0.5) is 0 Å². The molecule has 0 aliphatic carbocycles. The summed E-state index contributed by atoms with van der Waals surface area (Å²) in [7, 11) is 3.72. The molecule has 18 heavy (non-hydrogen) atoms. The Bertz CT molecular complexity index is 220. The van der Waals surface area contributed by atoms with E-state index in [1.807, 2.05) is 32.6 Å². The maximum Gasteiger partial charge on any atom is 0.248 e. The smallest absolute Gasteiger partial charge is 0.248 e. The molecule has 0 saturated carbocycles. The maximum absolute atomic E-state index is 11.5. The van der Waals surface area contributed by atoms with E-state index >= 15 is 0 Å². The van der Waals surface area contributed by atoms with E-state index in [2.05, 4.69) is 11.9 Å². The zero-order chi connectivity index (χ0) is 14.1. The number of nitrogens with zero attached hydrogens (tertiary/aromatic N) is 2. The SMILES string of the molecule is CC.CC.COCC(=O)N1CC2CN(C)CC2C1. The molecule has 2 saturated heterocycles. The standard InChI is InChI=1S/C10H18N2O2.2C2H6/c1-11-3-8-5-12(6-9(8)4-11)10(13)7-14-2;2*1-2/h8-9H,3-7H2,1-2H3;2*1-2H3. The van der Waals surface area contributed by atoms with Crippen LogP contribution < -0.4 is 0 Å². The molecule has 2 aliphatic heterocycles.